The number of oxime groups is 1. The van der Waals surface area contributed by atoms with Gasteiger partial charge in [-0.15, -0.1) is 0 Å². The van der Waals surface area contributed by atoms with E-state index in [1.807, 2.05) is 0 Å². The van der Waals surface area contributed by atoms with Crippen molar-refractivity contribution in [2.45, 2.75) is 51.9 Å². The second-order valence-corrected chi connectivity index (χ2v) is 8.61. The lowest BCUT2D eigenvalue weighted by molar-refractivity contribution is -0.134. The number of nitrogens with zero attached hydrogens (tertiary/aromatic N) is 3. The number of hydrogen-bond donors (Lipinski definition) is 4. The molecular weight excluding hydrogens is 498 g/mol. The first-order valence-electron chi connectivity index (χ1n) is 12.6. The van der Waals surface area contributed by atoms with Gasteiger partial charge in [0.2, 0.25) is 0 Å². The highest BCUT2D eigenvalue weighted by molar-refractivity contribution is 6.00. The second-order valence-electron chi connectivity index (χ2n) is 8.61. The highest BCUT2D eigenvalue weighted by atomic mass is 16.6. The van der Waals surface area contributed by atoms with Gasteiger partial charge in [0.05, 0.1) is 5.71 Å². The maximum Gasteiger partial charge on any atom is 0.328 e. The number of carbonyl (C=O) groups is 4. The predicted octanol–water partition coefficient (Wildman–Crippen LogP) is 2.72. The first-order valence-corrected chi connectivity index (χ1v) is 12.6. The summed E-state index contributed by atoms with van der Waals surface area (Å²) in [4.78, 5) is 48.7. The van der Waals surface area contributed by atoms with Crippen LogP contribution in [0.3, 0.4) is 0 Å². The minimum absolute atomic E-state index is 0.558. The molecule has 0 bridgehead atoms. The van der Waals surface area contributed by atoms with Crippen molar-refractivity contribution in [2.24, 2.45) is 5.16 Å². The molecule has 0 aromatic carbocycles. The monoisotopic (exact) mass is 539 g/mol. The molecule has 1 saturated carbocycles. The third-order valence-electron chi connectivity index (χ3n) is 5.38. The molecule has 2 rings (SSSR count). The van der Waals surface area contributed by atoms with Gasteiger partial charge in [0.15, 0.2) is 0 Å². The van der Waals surface area contributed by atoms with Gasteiger partial charge in [0.25, 0.3) is 0 Å². The number of likely N-dealkylation sites (N-methyl/N-ethyl adjacent to an activating group) is 1. The van der Waals surface area contributed by atoms with Crippen LogP contribution in [0.5, 0.6) is 0 Å². The van der Waals surface area contributed by atoms with Crippen LogP contribution in [0.1, 0.15) is 51.9 Å². The standard InChI is InChI=1S/C18H33N3O.2C4H4O4/c1-3-4-8-17-9-5-6-10-18(17)19-22-16-7-11-21-14-12-20(2)13-15-21;2*5-3(6)1-2-4(7)8/h8H,3-7,9-16H2,1-2H3;2*1-2H,(H,5,6)(H,7,8)/b17-8+,19-18+;2*2-1+. The van der Waals surface area contributed by atoms with Crippen LogP contribution in [0.25, 0.3) is 0 Å². The van der Waals surface area contributed by atoms with Crippen molar-refractivity contribution in [1.82, 2.24) is 9.80 Å². The Morgan fingerprint density at radius 1 is 0.842 bits per heavy atom. The molecule has 1 aliphatic heterocycles. The molecule has 4 N–H and O–H groups in total. The molecule has 1 saturated heterocycles. The van der Waals surface area contributed by atoms with E-state index in [2.05, 4.69) is 35.0 Å². The molecule has 2 aliphatic rings. The van der Waals surface area contributed by atoms with Crippen molar-refractivity contribution in [1.29, 1.82) is 0 Å². The van der Waals surface area contributed by atoms with E-state index < -0.39 is 23.9 Å². The first-order chi connectivity index (χ1) is 18.0. The van der Waals surface area contributed by atoms with Crippen molar-refractivity contribution in [2.75, 3.05) is 46.4 Å². The third kappa shape index (κ3) is 20.7. The van der Waals surface area contributed by atoms with Crippen LogP contribution in [-0.4, -0.2) is 106 Å². The molecule has 214 valence electrons. The van der Waals surface area contributed by atoms with Gasteiger partial charge in [-0.1, -0.05) is 24.6 Å². The van der Waals surface area contributed by atoms with E-state index in [4.69, 9.17) is 25.3 Å². The summed E-state index contributed by atoms with van der Waals surface area (Å²) in [6, 6.07) is 0. The number of hydrogen-bond acceptors (Lipinski definition) is 8. The van der Waals surface area contributed by atoms with Gasteiger partial charge < -0.3 is 35.1 Å². The Morgan fingerprint density at radius 2 is 1.34 bits per heavy atom. The van der Waals surface area contributed by atoms with Crippen LogP contribution < -0.4 is 0 Å². The number of piperazine rings is 1. The zero-order valence-electron chi connectivity index (χ0n) is 22.3. The fraction of sp³-hybridized carbons (Fsp3) is 0.577. The van der Waals surface area contributed by atoms with Gasteiger partial charge in [-0.2, -0.15) is 0 Å². The summed E-state index contributed by atoms with van der Waals surface area (Å²) in [5.41, 5.74) is 2.64. The molecule has 12 heteroatoms. The van der Waals surface area contributed by atoms with E-state index in [1.54, 1.807) is 0 Å². The Bertz CT molecular complexity index is 792. The quantitative estimate of drug-likeness (QED) is 0.172. The number of carboxylic acids is 4. The van der Waals surface area contributed by atoms with Crippen LogP contribution in [0.2, 0.25) is 0 Å². The number of allylic oxidation sites excluding steroid dienone is 2. The second kappa shape index (κ2) is 21.6. The highest BCUT2D eigenvalue weighted by Gasteiger charge is 2.14. The van der Waals surface area contributed by atoms with E-state index >= 15 is 0 Å². The van der Waals surface area contributed by atoms with Crippen molar-refractivity contribution in [3.63, 3.8) is 0 Å². The summed E-state index contributed by atoms with van der Waals surface area (Å²) < 4.78 is 0. The van der Waals surface area contributed by atoms with Crippen molar-refractivity contribution >= 4 is 29.6 Å². The summed E-state index contributed by atoms with van der Waals surface area (Å²) >= 11 is 0. The molecule has 0 unspecified atom stereocenters. The molecule has 0 radical (unpaired) electrons. The number of unbranched alkanes of at least 4 members (excludes halogenated alkanes) is 1. The Hall–Kier alpha value is -3.51. The van der Waals surface area contributed by atoms with E-state index in [1.165, 1.54) is 63.1 Å². The van der Waals surface area contributed by atoms with Crippen molar-refractivity contribution in [3.05, 3.63) is 36.0 Å². The summed E-state index contributed by atoms with van der Waals surface area (Å²) in [6.07, 6.45) is 12.9. The maximum atomic E-state index is 9.55. The minimum atomic E-state index is -1.26. The lowest BCUT2D eigenvalue weighted by Gasteiger charge is -2.32. The Labute approximate surface area is 223 Å². The molecule has 0 aromatic heterocycles. The zero-order valence-corrected chi connectivity index (χ0v) is 22.3. The lowest BCUT2D eigenvalue weighted by atomic mass is 9.92. The average Bonchev–Trinajstić information content (AvgIpc) is 2.87. The lowest BCUT2D eigenvalue weighted by Crippen LogP contribution is -2.44. The molecule has 2 fully saturated rings. The third-order valence-corrected chi connectivity index (χ3v) is 5.38. The Kier molecular flexibility index (Phi) is 19.6. The van der Waals surface area contributed by atoms with Crippen LogP contribution in [-0.2, 0) is 24.0 Å². The molecule has 1 aliphatic carbocycles. The van der Waals surface area contributed by atoms with Gasteiger partial charge in [0.1, 0.15) is 6.61 Å². The van der Waals surface area contributed by atoms with Crippen LogP contribution in [0, 0.1) is 0 Å². The first kappa shape index (κ1) is 34.5. The molecule has 38 heavy (non-hydrogen) atoms. The summed E-state index contributed by atoms with van der Waals surface area (Å²) in [7, 11) is 2.20. The van der Waals surface area contributed by atoms with Gasteiger partial charge in [-0.25, -0.2) is 19.2 Å². The smallest absolute Gasteiger partial charge is 0.328 e. The Balaban J connectivity index is 0.000000705. The molecule has 0 amide bonds. The fourth-order valence-corrected chi connectivity index (χ4v) is 3.39. The predicted molar refractivity (Wildman–Crippen MR) is 142 cm³/mol. The van der Waals surface area contributed by atoms with Crippen molar-refractivity contribution in [3.8, 4) is 0 Å². The van der Waals surface area contributed by atoms with Crippen LogP contribution >= 0.6 is 0 Å². The molecule has 12 nitrogen and oxygen atoms in total. The van der Waals surface area contributed by atoms with Gasteiger partial charge in [0, 0.05) is 57.0 Å². The summed E-state index contributed by atoms with van der Waals surface area (Å²) in [6.45, 7) is 8.87. The van der Waals surface area contributed by atoms with E-state index in [0.29, 0.717) is 24.3 Å². The normalized spacial score (nSPS) is 18.5. The van der Waals surface area contributed by atoms with Crippen LogP contribution in [0.15, 0.2) is 41.1 Å². The van der Waals surface area contributed by atoms with E-state index in [-0.39, 0.29) is 0 Å². The largest absolute Gasteiger partial charge is 0.478 e. The summed E-state index contributed by atoms with van der Waals surface area (Å²) in [5, 5.41) is 35.7. The molecule has 0 atom stereocenters. The number of rotatable bonds is 11. The van der Waals surface area contributed by atoms with Crippen LogP contribution in [0.4, 0.5) is 0 Å². The fourth-order valence-electron chi connectivity index (χ4n) is 3.39. The SMILES string of the molecule is CCC/C=C1\CCCC\C1=N/OCCCN1CCN(C)CC1.O=C(O)/C=C/C(=O)O.O=C(O)/C=C/C(=O)O. The van der Waals surface area contributed by atoms with Gasteiger partial charge >= 0.3 is 23.9 Å². The molecule has 1 heterocycles. The van der Waals surface area contributed by atoms with Gasteiger partial charge in [-0.3, -0.25) is 0 Å². The average molecular weight is 540 g/mol. The highest BCUT2D eigenvalue weighted by Crippen LogP contribution is 2.22. The van der Waals surface area contributed by atoms with Crippen molar-refractivity contribution < 1.29 is 44.4 Å². The zero-order chi connectivity index (χ0) is 28.8. The minimum Gasteiger partial charge on any atom is -0.478 e. The Morgan fingerprint density at radius 3 is 1.82 bits per heavy atom. The topological polar surface area (TPSA) is 177 Å². The number of carboxylic acid groups (broad SMARTS) is 4. The molecule has 0 spiro atoms. The maximum absolute atomic E-state index is 9.55. The van der Waals surface area contributed by atoms with Gasteiger partial charge in [-0.05, 0) is 51.1 Å². The molecular formula is C26H41N3O9. The summed E-state index contributed by atoms with van der Waals surface area (Å²) in [5.74, 6) is -5.03. The number of aliphatic carboxylic acids is 4. The molecule has 0 aromatic rings. The van der Waals surface area contributed by atoms with E-state index in [0.717, 1.165) is 32.4 Å². The van der Waals surface area contributed by atoms with E-state index in [9.17, 15) is 19.2 Å².